The number of nitrogens with zero attached hydrogens (tertiary/aromatic N) is 1. The Labute approximate surface area is 95.0 Å². The number of pyridine rings is 1. The molecular weight excluding hydrogens is 207 g/mol. The summed E-state index contributed by atoms with van der Waals surface area (Å²) in [5, 5.41) is 3.38. The second-order valence-corrected chi connectivity index (χ2v) is 4.09. The molecule has 1 N–H and O–H groups in total. The minimum Gasteiger partial charge on any atom is -0.489 e. The first-order valence-corrected chi connectivity index (χ1v) is 5.68. The van der Waals surface area contributed by atoms with Gasteiger partial charge in [-0.15, -0.1) is 0 Å². The van der Waals surface area contributed by atoms with E-state index in [1.54, 1.807) is 0 Å². The van der Waals surface area contributed by atoms with Crippen molar-refractivity contribution in [2.45, 2.75) is 32.4 Å². The van der Waals surface area contributed by atoms with Crippen LogP contribution in [0, 0.1) is 6.92 Å². The van der Waals surface area contributed by atoms with Crippen LogP contribution in [0.1, 0.15) is 24.2 Å². The van der Waals surface area contributed by atoms with Gasteiger partial charge in [0.15, 0.2) is 0 Å². The Morgan fingerprint density at radius 3 is 3.00 bits per heavy atom. The van der Waals surface area contributed by atoms with Crippen molar-refractivity contribution in [3.8, 4) is 5.75 Å². The summed E-state index contributed by atoms with van der Waals surface area (Å²) >= 11 is 0. The van der Waals surface area contributed by atoms with E-state index >= 15 is 0 Å². The van der Waals surface area contributed by atoms with E-state index in [9.17, 15) is 4.39 Å². The number of nitrogens with one attached hydrogen (secondary N) is 1. The highest BCUT2D eigenvalue weighted by Gasteiger charge is 2.21. The third-order valence-corrected chi connectivity index (χ3v) is 2.54. The average Bonchev–Trinajstić information content (AvgIpc) is 3.09. The van der Waals surface area contributed by atoms with Crippen molar-refractivity contribution >= 4 is 0 Å². The number of hydrogen-bond donors (Lipinski definition) is 1. The van der Waals surface area contributed by atoms with Crippen molar-refractivity contribution in [2.75, 3.05) is 13.3 Å². The summed E-state index contributed by atoms with van der Waals surface area (Å²) in [4.78, 5) is 4.42. The molecule has 88 valence electrons. The summed E-state index contributed by atoms with van der Waals surface area (Å²) in [7, 11) is 0. The maximum absolute atomic E-state index is 12.1. The molecule has 4 heteroatoms. The molecule has 3 nitrogen and oxygen atoms in total. The molecule has 16 heavy (non-hydrogen) atoms. The maximum atomic E-state index is 12.1. The zero-order valence-electron chi connectivity index (χ0n) is 9.50. The second-order valence-electron chi connectivity index (χ2n) is 4.09. The van der Waals surface area contributed by atoms with Crippen molar-refractivity contribution in [1.29, 1.82) is 0 Å². The third kappa shape index (κ3) is 3.17. The Bertz CT molecular complexity index is 353. The van der Waals surface area contributed by atoms with Gasteiger partial charge in [-0.2, -0.15) is 0 Å². The van der Waals surface area contributed by atoms with Crippen molar-refractivity contribution < 1.29 is 9.13 Å². The van der Waals surface area contributed by atoms with E-state index in [1.807, 2.05) is 19.1 Å². The number of aryl methyl sites for hydroxylation is 1. The number of alkyl halides is 1. The number of aromatic nitrogens is 1. The molecule has 0 aromatic carbocycles. The van der Waals surface area contributed by atoms with Crippen LogP contribution in [0.4, 0.5) is 4.39 Å². The molecule has 1 fully saturated rings. The molecular formula is C12H17FN2O. The molecule has 1 saturated carbocycles. The van der Waals surface area contributed by atoms with Gasteiger partial charge in [0.05, 0.1) is 5.69 Å². The first kappa shape index (κ1) is 11.3. The van der Waals surface area contributed by atoms with E-state index in [0.29, 0.717) is 18.3 Å². The Morgan fingerprint density at radius 2 is 2.31 bits per heavy atom. The molecule has 1 aromatic heterocycles. The predicted octanol–water partition coefficient (Wildman–Crippen LogP) is 1.99. The fourth-order valence-corrected chi connectivity index (χ4v) is 1.53. The maximum Gasteiger partial charge on any atom is 0.142 e. The number of halogens is 1. The summed E-state index contributed by atoms with van der Waals surface area (Å²) in [6, 6.07) is 4.38. The molecule has 0 amide bonds. The van der Waals surface area contributed by atoms with E-state index in [2.05, 4.69) is 10.3 Å². The lowest BCUT2D eigenvalue weighted by molar-refractivity contribution is 0.269. The van der Waals surface area contributed by atoms with Crippen LogP contribution in [0.5, 0.6) is 5.75 Å². The lowest BCUT2D eigenvalue weighted by Crippen LogP contribution is -2.17. The molecule has 1 aliphatic carbocycles. The highest BCUT2D eigenvalue weighted by Crippen LogP contribution is 2.22. The Morgan fingerprint density at radius 1 is 1.50 bits per heavy atom. The van der Waals surface area contributed by atoms with Gasteiger partial charge in [0.25, 0.3) is 0 Å². The SMILES string of the molecule is Cc1ccc(OCCF)c(CNC2CC2)n1. The van der Waals surface area contributed by atoms with Gasteiger partial charge in [-0.1, -0.05) is 0 Å². The molecule has 1 aromatic rings. The van der Waals surface area contributed by atoms with Crippen LogP contribution in [-0.4, -0.2) is 24.3 Å². The van der Waals surface area contributed by atoms with Crippen LogP contribution in [-0.2, 0) is 6.54 Å². The summed E-state index contributed by atoms with van der Waals surface area (Å²) in [5.41, 5.74) is 1.83. The highest BCUT2D eigenvalue weighted by atomic mass is 19.1. The summed E-state index contributed by atoms with van der Waals surface area (Å²) in [6.07, 6.45) is 2.49. The lowest BCUT2D eigenvalue weighted by Gasteiger charge is -2.10. The van der Waals surface area contributed by atoms with E-state index in [4.69, 9.17) is 4.74 Å². The third-order valence-electron chi connectivity index (χ3n) is 2.54. The average molecular weight is 224 g/mol. The van der Waals surface area contributed by atoms with Crippen molar-refractivity contribution in [3.05, 3.63) is 23.5 Å². The molecule has 0 unspecified atom stereocenters. The monoisotopic (exact) mass is 224 g/mol. The van der Waals surface area contributed by atoms with Gasteiger partial charge >= 0.3 is 0 Å². The van der Waals surface area contributed by atoms with E-state index < -0.39 is 6.67 Å². The van der Waals surface area contributed by atoms with Gasteiger partial charge in [-0.3, -0.25) is 4.98 Å². The number of hydrogen-bond acceptors (Lipinski definition) is 3. The highest BCUT2D eigenvalue weighted by molar-refractivity contribution is 5.29. The topological polar surface area (TPSA) is 34.1 Å². The van der Waals surface area contributed by atoms with Crippen molar-refractivity contribution in [2.24, 2.45) is 0 Å². The Balaban J connectivity index is 2.01. The van der Waals surface area contributed by atoms with Crippen LogP contribution >= 0.6 is 0 Å². The van der Waals surface area contributed by atoms with Crippen molar-refractivity contribution in [3.63, 3.8) is 0 Å². The molecule has 2 rings (SSSR count). The Kier molecular flexibility index (Phi) is 3.72. The largest absolute Gasteiger partial charge is 0.489 e. The van der Waals surface area contributed by atoms with Gasteiger partial charge in [0.2, 0.25) is 0 Å². The standard InChI is InChI=1S/C12H17FN2O/c1-9-2-5-12(16-7-6-13)11(15-9)8-14-10-3-4-10/h2,5,10,14H,3-4,6-8H2,1H3. The first-order chi connectivity index (χ1) is 7.79. The summed E-state index contributed by atoms with van der Waals surface area (Å²) < 4.78 is 17.4. The zero-order chi connectivity index (χ0) is 11.4. The number of ether oxygens (including phenoxy) is 1. The summed E-state index contributed by atoms with van der Waals surface area (Å²) in [6.45, 7) is 2.28. The first-order valence-electron chi connectivity index (χ1n) is 5.68. The minimum absolute atomic E-state index is 0.0984. The Hall–Kier alpha value is -1.16. The molecule has 0 saturated heterocycles. The molecule has 0 spiro atoms. The minimum atomic E-state index is -0.469. The van der Waals surface area contributed by atoms with E-state index in [1.165, 1.54) is 12.8 Å². The van der Waals surface area contributed by atoms with Crippen LogP contribution in [0.2, 0.25) is 0 Å². The molecule has 0 bridgehead atoms. The fraction of sp³-hybridized carbons (Fsp3) is 0.583. The second kappa shape index (κ2) is 5.25. The molecule has 1 heterocycles. The van der Waals surface area contributed by atoms with Crippen LogP contribution in [0.3, 0.4) is 0 Å². The van der Waals surface area contributed by atoms with Crippen LogP contribution < -0.4 is 10.1 Å². The number of rotatable bonds is 6. The zero-order valence-corrected chi connectivity index (χ0v) is 9.50. The smallest absolute Gasteiger partial charge is 0.142 e. The normalized spacial score (nSPS) is 15.1. The van der Waals surface area contributed by atoms with Crippen LogP contribution in [0.15, 0.2) is 12.1 Å². The molecule has 1 aliphatic rings. The van der Waals surface area contributed by atoms with E-state index in [-0.39, 0.29) is 6.61 Å². The van der Waals surface area contributed by atoms with Gasteiger partial charge in [-0.05, 0) is 31.9 Å². The molecule has 0 atom stereocenters. The van der Waals surface area contributed by atoms with Gasteiger partial charge in [-0.25, -0.2) is 4.39 Å². The fourth-order valence-electron chi connectivity index (χ4n) is 1.53. The summed E-state index contributed by atoms with van der Waals surface area (Å²) in [5.74, 6) is 0.691. The quantitative estimate of drug-likeness (QED) is 0.802. The predicted molar refractivity (Wildman–Crippen MR) is 60.3 cm³/mol. The van der Waals surface area contributed by atoms with Crippen molar-refractivity contribution in [1.82, 2.24) is 10.3 Å². The van der Waals surface area contributed by atoms with E-state index in [0.717, 1.165) is 11.4 Å². The lowest BCUT2D eigenvalue weighted by atomic mass is 10.3. The van der Waals surface area contributed by atoms with Gasteiger partial charge in [0.1, 0.15) is 19.0 Å². The van der Waals surface area contributed by atoms with Gasteiger partial charge < -0.3 is 10.1 Å². The molecule has 0 aliphatic heterocycles. The molecule has 0 radical (unpaired) electrons. The van der Waals surface area contributed by atoms with Crippen LogP contribution in [0.25, 0.3) is 0 Å². The van der Waals surface area contributed by atoms with Gasteiger partial charge in [0, 0.05) is 18.3 Å².